The van der Waals surface area contributed by atoms with Crippen molar-refractivity contribution >= 4 is 51.9 Å². The highest BCUT2D eigenvalue weighted by atomic mass is 127. The van der Waals surface area contributed by atoms with E-state index in [9.17, 15) is 19.2 Å². The Bertz CT molecular complexity index is 1010. The Morgan fingerprint density at radius 2 is 1.89 bits per heavy atom. The van der Waals surface area contributed by atoms with Crippen molar-refractivity contribution in [1.29, 1.82) is 0 Å². The zero-order chi connectivity index (χ0) is 19.8. The Morgan fingerprint density at radius 3 is 2.61 bits per heavy atom. The van der Waals surface area contributed by atoms with E-state index < -0.39 is 11.9 Å². The summed E-state index contributed by atoms with van der Waals surface area (Å²) in [5.41, 5.74) is 2.43. The summed E-state index contributed by atoms with van der Waals surface area (Å²) in [6.45, 7) is 0.269. The van der Waals surface area contributed by atoms with E-state index in [1.54, 1.807) is 36.4 Å². The molecule has 1 saturated heterocycles. The van der Waals surface area contributed by atoms with Crippen molar-refractivity contribution in [3.63, 3.8) is 0 Å². The molecule has 4 amide bonds. The molecule has 2 aliphatic rings. The van der Waals surface area contributed by atoms with Crippen molar-refractivity contribution in [3.05, 3.63) is 62.7 Å². The van der Waals surface area contributed by atoms with Gasteiger partial charge in [0, 0.05) is 27.7 Å². The average Bonchev–Trinajstić information content (AvgIpc) is 2.98. The van der Waals surface area contributed by atoms with Crippen molar-refractivity contribution in [2.24, 2.45) is 0 Å². The first-order chi connectivity index (χ1) is 13.4. The molecule has 2 N–H and O–H groups in total. The van der Waals surface area contributed by atoms with Gasteiger partial charge in [0.05, 0.1) is 5.69 Å². The second-order valence-corrected chi connectivity index (χ2v) is 7.87. The second-order valence-electron chi connectivity index (χ2n) is 6.71. The third-order valence-electron chi connectivity index (χ3n) is 4.90. The third-order valence-corrected chi connectivity index (χ3v) is 5.79. The summed E-state index contributed by atoms with van der Waals surface area (Å²) < 4.78 is 0.735. The quantitative estimate of drug-likeness (QED) is 0.511. The average molecular weight is 489 g/mol. The maximum absolute atomic E-state index is 12.8. The first kappa shape index (κ1) is 18.6. The lowest BCUT2D eigenvalue weighted by molar-refractivity contribution is -0.136. The van der Waals surface area contributed by atoms with E-state index in [4.69, 9.17) is 0 Å². The lowest BCUT2D eigenvalue weighted by atomic mass is 10.0. The largest absolute Gasteiger partial charge is 0.322 e. The van der Waals surface area contributed by atoms with Gasteiger partial charge in [0.1, 0.15) is 6.04 Å². The molecule has 28 heavy (non-hydrogen) atoms. The Hall–Kier alpha value is -2.75. The first-order valence-corrected chi connectivity index (χ1v) is 9.85. The number of hydrogen-bond acceptors (Lipinski definition) is 4. The summed E-state index contributed by atoms with van der Waals surface area (Å²) in [6, 6.07) is 11.7. The van der Waals surface area contributed by atoms with Crippen molar-refractivity contribution in [3.8, 4) is 0 Å². The second kappa shape index (κ2) is 7.34. The van der Waals surface area contributed by atoms with Crippen LogP contribution in [0, 0.1) is 3.57 Å². The Labute approximate surface area is 174 Å². The standard InChI is InChI=1S/C20H16IN3O4/c21-14-9-13-12(8-15(14)22-18(26)11-4-2-1-3-5-11)10-24(20(13)28)16-6-7-17(25)23-19(16)27/h1-5,8-9,16H,6-7,10H2,(H,22,26)(H,23,25,27). The molecule has 2 aromatic carbocycles. The maximum Gasteiger partial charge on any atom is 0.255 e. The molecule has 7 nitrogen and oxygen atoms in total. The lowest BCUT2D eigenvalue weighted by Gasteiger charge is -2.29. The van der Waals surface area contributed by atoms with Gasteiger partial charge in [-0.05, 0) is 58.8 Å². The van der Waals surface area contributed by atoms with Crippen LogP contribution in [0.2, 0.25) is 0 Å². The molecule has 1 fully saturated rings. The smallest absolute Gasteiger partial charge is 0.255 e. The fourth-order valence-electron chi connectivity index (χ4n) is 3.47. The summed E-state index contributed by atoms with van der Waals surface area (Å²) in [5.74, 6) is -1.22. The minimum atomic E-state index is -0.655. The van der Waals surface area contributed by atoms with E-state index in [0.717, 1.165) is 9.13 Å². The van der Waals surface area contributed by atoms with Gasteiger partial charge in [-0.25, -0.2) is 0 Å². The highest BCUT2D eigenvalue weighted by Crippen LogP contribution is 2.32. The van der Waals surface area contributed by atoms with Crippen LogP contribution >= 0.6 is 22.6 Å². The summed E-state index contributed by atoms with van der Waals surface area (Å²) in [7, 11) is 0. The summed E-state index contributed by atoms with van der Waals surface area (Å²) in [6.07, 6.45) is 0.533. The van der Waals surface area contributed by atoms with Crippen LogP contribution in [-0.2, 0) is 16.1 Å². The van der Waals surface area contributed by atoms with Crippen molar-refractivity contribution in [1.82, 2.24) is 10.2 Å². The van der Waals surface area contributed by atoms with Gasteiger partial charge in [0.2, 0.25) is 11.8 Å². The molecule has 8 heteroatoms. The zero-order valence-corrected chi connectivity index (χ0v) is 16.9. The monoisotopic (exact) mass is 489 g/mol. The molecule has 0 bridgehead atoms. The van der Waals surface area contributed by atoms with Gasteiger partial charge in [-0.2, -0.15) is 0 Å². The molecule has 1 unspecified atom stereocenters. The molecule has 142 valence electrons. The molecule has 0 spiro atoms. The van der Waals surface area contributed by atoms with Gasteiger partial charge in [-0.1, -0.05) is 18.2 Å². The summed E-state index contributed by atoms with van der Waals surface area (Å²) in [4.78, 5) is 50.2. The van der Waals surface area contributed by atoms with Gasteiger partial charge in [-0.3, -0.25) is 24.5 Å². The number of imide groups is 1. The number of amides is 4. The Morgan fingerprint density at radius 1 is 1.14 bits per heavy atom. The van der Waals surface area contributed by atoms with Crippen LogP contribution in [0.25, 0.3) is 0 Å². The van der Waals surface area contributed by atoms with Gasteiger partial charge >= 0.3 is 0 Å². The van der Waals surface area contributed by atoms with Gasteiger partial charge < -0.3 is 10.2 Å². The Kier molecular flexibility index (Phi) is 4.88. The lowest BCUT2D eigenvalue weighted by Crippen LogP contribution is -2.52. The number of carbonyl (C=O) groups excluding carboxylic acids is 4. The molecular weight excluding hydrogens is 473 g/mol. The molecule has 1 atom stereocenters. The van der Waals surface area contributed by atoms with Crippen LogP contribution in [0.1, 0.15) is 39.1 Å². The Balaban J connectivity index is 1.57. The number of halogens is 1. The number of anilines is 1. The summed E-state index contributed by atoms with van der Waals surface area (Å²) in [5, 5.41) is 5.17. The van der Waals surface area contributed by atoms with E-state index in [2.05, 4.69) is 33.2 Å². The molecule has 2 heterocycles. The maximum atomic E-state index is 12.8. The van der Waals surface area contributed by atoms with Gasteiger partial charge in [0.15, 0.2) is 0 Å². The number of nitrogens with zero attached hydrogens (tertiary/aromatic N) is 1. The zero-order valence-electron chi connectivity index (χ0n) is 14.7. The topological polar surface area (TPSA) is 95.6 Å². The van der Waals surface area contributed by atoms with Crippen LogP contribution in [0.3, 0.4) is 0 Å². The van der Waals surface area contributed by atoms with Crippen LogP contribution in [0.5, 0.6) is 0 Å². The minimum absolute atomic E-state index is 0.215. The molecule has 2 aromatic rings. The van der Waals surface area contributed by atoms with Crippen molar-refractivity contribution in [2.75, 3.05) is 5.32 Å². The number of hydrogen-bond donors (Lipinski definition) is 2. The first-order valence-electron chi connectivity index (χ1n) is 8.77. The summed E-state index contributed by atoms with van der Waals surface area (Å²) >= 11 is 2.08. The molecule has 2 aliphatic heterocycles. The number of nitrogens with one attached hydrogen (secondary N) is 2. The number of rotatable bonds is 3. The highest BCUT2D eigenvalue weighted by Gasteiger charge is 2.39. The minimum Gasteiger partial charge on any atom is -0.322 e. The number of fused-ring (bicyclic) bond motifs is 1. The normalized spacial score (nSPS) is 18.7. The van der Waals surface area contributed by atoms with Crippen LogP contribution in [-0.4, -0.2) is 34.6 Å². The van der Waals surface area contributed by atoms with E-state index in [0.29, 0.717) is 23.2 Å². The molecule has 0 aliphatic carbocycles. The SMILES string of the molecule is O=C1CCC(N2Cc3cc(NC(=O)c4ccccc4)c(I)cc3C2=O)C(=O)N1. The van der Waals surface area contributed by atoms with Crippen LogP contribution in [0.15, 0.2) is 42.5 Å². The van der Waals surface area contributed by atoms with Crippen LogP contribution in [0.4, 0.5) is 5.69 Å². The molecule has 0 radical (unpaired) electrons. The van der Waals surface area contributed by atoms with Crippen LogP contribution < -0.4 is 10.6 Å². The number of benzene rings is 2. The van der Waals surface area contributed by atoms with Gasteiger partial charge in [-0.15, -0.1) is 0 Å². The molecule has 4 rings (SSSR count). The van der Waals surface area contributed by atoms with E-state index in [-0.39, 0.29) is 30.7 Å². The molecule has 0 saturated carbocycles. The third kappa shape index (κ3) is 3.39. The van der Waals surface area contributed by atoms with E-state index >= 15 is 0 Å². The van der Waals surface area contributed by atoms with Gasteiger partial charge in [0.25, 0.3) is 11.8 Å². The predicted octanol–water partition coefficient (Wildman–Crippen LogP) is 2.30. The number of piperidine rings is 1. The van der Waals surface area contributed by atoms with E-state index in [1.807, 2.05) is 6.07 Å². The highest BCUT2D eigenvalue weighted by molar-refractivity contribution is 14.1. The number of carbonyl (C=O) groups is 4. The van der Waals surface area contributed by atoms with Crippen molar-refractivity contribution < 1.29 is 19.2 Å². The van der Waals surface area contributed by atoms with E-state index in [1.165, 1.54) is 4.90 Å². The fraction of sp³-hybridized carbons (Fsp3) is 0.200. The van der Waals surface area contributed by atoms with Crippen molar-refractivity contribution in [2.45, 2.75) is 25.4 Å². The fourth-order valence-corrected chi connectivity index (χ4v) is 4.07. The predicted molar refractivity (Wildman–Crippen MR) is 110 cm³/mol. The molecular formula is C20H16IN3O4. The molecule has 0 aromatic heterocycles.